The van der Waals surface area contributed by atoms with Crippen molar-refractivity contribution in [1.29, 1.82) is 0 Å². The molecule has 2 rings (SSSR count). The van der Waals surface area contributed by atoms with Gasteiger partial charge in [0.05, 0.1) is 25.9 Å². The zero-order valence-electron chi connectivity index (χ0n) is 11.1. The highest BCUT2D eigenvalue weighted by Crippen LogP contribution is 2.28. The lowest BCUT2D eigenvalue weighted by Crippen LogP contribution is -2.39. The van der Waals surface area contributed by atoms with Gasteiger partial charge in [0.25, 0.3) is 0 Å². The van der Waals surface area contributed by atoms with Crippen LogP contribution in [0.3, 0.4) is 0 Å². The minimum absolute atomic E-state index is 0.0584. The molecule has 0 aromatic heterocycles. The molecule has 1 aromatic rings. The minimum atomic E-state index is 0.0584. The van der Waals surface area contributed by atoms with Gasteiger partial charge in [0.15, 0.2) is 0 Å². The standard InChI is InChI=1S/C14H20ClNO2/c1-9-7-12(15)10(2)6-11(9)14(16-3)13-8-17-4-5-18-13/h6-7,13-14,16H,4-5,8H2,1-3H3. The van der Waals surface area contributed by atoms with Gasteiger partial charge in [-0.1, -0.05) is 17.7 Å². The number of likely N-dealkylation sites (N-methyl/N-ethyl adjacent to an activating group) is 1. The zero-order valence-corrected chi connectivity index (χ0v) is 11.9. The van der Waals surface area contributed by atoms with Gasteiger partial charge >= 0.3 is 0 Å². The van der Waals surface area contributed by atoms with E-state index in [1.54, 1.807) is 0 Å². The molecule has 0 radical (unpaired) electrons. The number of benzene rings is 1. The first-order valence-electron chi connectivity index (χ1n) is 6.26. The Kier molecular flexibility index (Phi) is 4.62. The Morgan fingerprint density at radius 1 is 1.28 bits per heavy atom. The van der Waals surface area contributed by atoms with Crippen LogP contribution >= 0.6 is 11.6 Å². The highest BCUT2D eigenvalue weighted by Gasteiger charge is 2.26. The number of hydrogen-bond acceptors (Lipinski definition) is 3. The van der Waals surface area contributed by atoms with E-state index in [1.165, 1.54) is 11.1 Å². The third-order valence-electron chi connectivity index (χ3n) is 3.41. The van der Waals surface area contributed by atoms with Crippen molar-refractivity contribution in [3.63, 3.8) is 0 Å². The minimum Gasteiger partial charge on any atom is -0.376 e. The van der Waals surface area contributed by atoms with Crippen molar-refractivity contribution in [2.75, 3.05) is 26.9 Å². The van der Waals surface area contributed by atoms with Gasteiger partial charge in [-0.05, 0) is 43.7 Å². The molecule has 1 aliphatic rings. The van der Waals surface area contributed by atoms with Crippen LogP contribution in [-0.2, 0) is 9.47 Å². The van der Waals surface area contributed by atoms with Crippen LogP contribution in [0.5, 0.6) is 0 Å². The van der Waals surface area contributed by atoms with Crippen molar-refractivity contribution in [3.05, 3.63) is 33.8 Å². The maximum atomic E-state index is 6.14. The summed E-state index contributed by atoms with van der Waals surface area (Å²) in [6.45, 7) is 6.08. The number of rotatable bonds is 3. The summed E-state index contributed by atoms with van der Waals surface area (Å²) in [7, 11) is 1.95. The van der Waals surface area contributed by atoms with Crippen molar-refractivity contribution < 1.29 is 9.47 Å². The van der Waals surface area contributed by atoms with Crippen molar-refractivity contribution >= 4 is 11.6 Å². The average molecular weight is 270 g/mol. The Labute approximate surface area is 113 Å². The molecule has 0 amide bonds. The Morgan fingerprint density at radius 3 is 2.67 bits per heavy atom. The van der Waals surface area contributed by atoms with Crippen LogP contribution in [0.4, 0.5) is 0 Å². The molecule has 1 aromatic carbocycles. The molecule has 0 spiro atoms. The summed E-state index contributed by atoms with van der Waals surface area (Å²) in [6, 6.07) is 4.29. The predicted molar refractivity (Wildman–Crippen MR) is 73.3 cm³/mol. The lowest BCUT2D eigenvalue weighted by Gasteiger charge is -2.31. The van der Waals surface area contributed by atoms with Gasteiger partial charge in [-0.15, -0.1) is 0 Å². The summed E-state index contributed by atoms with van der Waals surface area (Å²) in [6.07, 6.45) is 0.0584. The quantitative estimate of drug-likeness (QED) is 0.915. The molecule has 3 nitrogen and oxygen atoms in total. The number of ether oxygens (including phenoxy) is 2. The van der Waals surface area contributed by atoms with E-state index in [0.717, 1.165) is 10.6 Å². The largest absolute Gasteiger partial charge is 0.376 e. The topological polar surface area (TPSA) is 30.5 Å². The van der Waals surface area contributed by atoms with Crippen LogP contribution in [0.1, 0.15) is 22.7 Å². The van der Waals surface area contributed by atoms with Crippen LogP contribution in [-0.4, -0.2) is 33.0 Å². The normalized spacial score (nSPS) is 21.9. The number of halogens is 1. The van der Waals surface area contributed by atoms with Gasteiger partial charge in [-0.3, -0.25) is 0 Å². The van der Waals surface area contributed by atoms with E-state index in [9.17, 15) is 0 Å². The second kappa shape index (κ2) is 6.02. The third kappa shape index (κ3) is 2.86. The average Bonchev–Trinajstić information content (AvgIpc) is 2.38. The summed E-state index contributed by atoms with van der Waals surface area (Å²) >= 11 is 6.14. The van der Waals surface area contributed by atoms with Crippen LogP contribution in [0.25, 0.3) is 0 Å². The maximum absolute atomic E-state index is 6.14. The van der Waals surface area contributed by atoms with Gasteiger partial charge in [0.1, 0.15) is 6.10 Å². The van der Waals surface area contributed by atoms with Crippen molar-refractivity contribution in [1.82, 2.24) is 5.32 Å². The van der Waals surface area contributed by atoms with E-state index in [4.69, 9.17) is 21.1 Å². The Hall–Kier alpha value is -0.610. The van der Waals surface area contributed by atoms with Crippen molar-refractivity contribution in [2.45, 2.75) is 26.0 Å². The van der Waals surface area contributed by atoms with Gasteiger partial charge in [0.2, 0.25) is 0 Å². The van der Waals surface area contributed by atoms with Crippen molar-refractivity contribution in [2.24, 2.45) is 0 Å². The summed E-state index contributed by atoms with van der Waals surface area (Å²) in [5.41, 5.74) is 3.50. The molecule has 1 fully saturated rings. The van der Waals surface area contributed by atoms with Gasteiger partial charge < -0.3 is 14.8 Å². The van der Waals surface area contributed by atoms with Crippen LogP contribution in [0.15, 0.2) is 12.1 Å². The molecule has 4 heteroatoms. The maximum Gasteiger partial charge on any atom is 0.100 e. The Balaban J connectivity index is 2.28. The molecule has 1 heterocycles. The SMILES string of the molecule is CNC(c1cc(C)c(Cl)cc1C)C1COCCO1. The second-order valence-corrected chi connectivity index (χ2v) is 5.12. The highest BCUT2D eigenvalue weighted by atomic mass is 35.5. The molecule has 1 N–H and O–H groups in total. The fourth-order valence-electron chi connectivity index (χ4n) is 2.38. The smallest absolute Gasteiger partial charge is 0.100 e. The van der Waals surface area contributed by atoms with E-state index in [2.05, 4.69) is 18.3 Å². The lowest BCUT2D eigenvalue weighted by atomic mass is 9.95. The molecule has 2 atom stereocenters. The molecule has 0 saturated carbocycles. The lowest BCUT2D eigenvalue weighted by molar-refractivity contribution is -0.101. The predicted octanol–water partition coefficient (Wildman–Crippen LogP) is 2.63. The molecule has 0 aliphatic carbocycles. The zero-order chi connectivity index (χ0) is 13.1. The molecule has 0 bridgehead atoms. The molecular formula is C14H20ClNO2. The molecular weight excluding hydrogens is 250 g/mol. The third-order valence-corrected chi connectivity index (χ3v) is 3.81. The van der Waals surface area contributed by atoms with E-state index in [-0.39, 0.29) is 12.1 Å². The highest BCUT2D eigenvalue weighted by molar-refractivity contribution is 6.31. The summed E-state index contributed by atoms with van der Waals surface area (Å²) in [5, 5.41) is 4.14. The van der Waals surface area contributed by atoms with Crippen molar-refractivity contribution in [3.8, 4) is 0 Å². The molecule has 18 heavy (non-hydrogen) atoms. The molecule has 1 saturated heterocycles. The van der Waals surface area contributed by atoms with Gasteiger partial charge in [0, 0.05) is 5.02 Å². The summed E-state index contributed by atoms with van der Waals surface area (Å²) in [4.78, 5) is 0. The van der Waals surface area contributed by atoms with E-state index >= 15 is 0 Å². The van der Waals surface area contributed by atoms with Crippen LogP contribution < -0.4 is 5.32 Å². The fourth-order valence-corrected chi connectivity index (χ4v) is 2.60. The van der Waals surface area contributed by atoms with E-state index in [0.29, 0.717) is 19.8 Å². The number of aryl methyl sites for hydroxylation is 2. The Bertz CT molecular complexity index is 417. The van der Waals surface area contributed by atoms with Crippen LogP contribution in [0.2, 0.25) is 5.02 Å². The first-order valence-corrected chi connectivity index (χ1v) is 6.64. The summed E-state index contributed by atoms with van der Waals surface area (Å²) in [5.74, 6) is 0. The van der Waals surface area contributed by atoms with Gasteiger partial charge in [-0.2, -0.15) is 0 Å². The van der Waals surface area contributed by atoms with E-state index < -0.39 is 0 Å². The van der Waals surface area contributed by atoms with E-state index in [1.807, 2.05) is 20.0 Å². The molecule has 2 unspecified atom stereocenters. The monoisotopic (exact) mass is 269 g/mol. The molecule has 1 aliphatic heterocycles. The van der Waals surface area contributed by atoms with Gasteiger partial charge in [-0.25, -0.2) is 0 Å². The number of hydrogen-bond donors (Lipinski definition) is 1. The van der Waals surface area contributed by atoms with Crippen LogP contribution in [0, 0.1) is 13.8 Å². The first kappa shape index (κ1) is 13.8. The summed E-state index contributed by atoms with van der Waals surface area (Å²) < 4.78 is 11.3. The number of nitrogens with one attached hydrogen (secondary N) is 1. The second-order valence-electron chi connectivity index (χ2n) is 4.71. The molecule has 100 valence electrons. The fraction of sp³-hybridized carbons (Fsp3) is 0.571. The Morgan fingerprint density at radius 2 is 2.06 bits per heavy atom. The first-order chi connectivity index (χ1) is 8.63.